The van der Waals surface area contributed by atoms with Gasteiger partial charge in [0.2, 0.25) is 5.56 Å². The van der Waals surface area contributed by atoms with Crippen molar-refractivity contribution in [2.75, 3.05) is 26.2 Å². The molecule has 0 saturated carbocycles. The van der Waals surface area contributed by atoms with Crippen LogP contribution in [-0.2, 0) is 0 Å². The smallest absolute Gasteiger partial charge is 0.254 e. The molecule has 6 nitrogen and oxygen atoms in total. The number of benzene rings is 2. The number of carbonyl (C=O) groups excluding carboxylic acids is 2. The van der Waals surface area contributed by atoms with Crippen LogP contribution >= 0.6 is 0 Å². The third-order valence-corrected chi connectivity index (χ3v) is 4.86. The lowest BCUT2D eigenvalue weighted by atomic mass is 10.1. The molecule has 1 aliphatic heterocycles. The predicted octanol–water partition coefficient (Wildman–Crippen LogP) is 2.13. The van der Waals surface area contributed by atoms with Crippen molar-refractivity contribution in [3.63, 3.8) is 0 Å². The number of hydrogen-bond acceptors (Lipinski definition) is 3. The molecule has 1 aromatic heterocycles. The highest BCUT2D eigenvalue weighted by atomic mass is 16.2. The molecular weight excluding hydrogens is 342 g/mol. The van der Waals surface area contributed by atoms with E-state index in [4.69, 9.17) is 0 Å². The first-order chi connectivity index (χ1) is 13.1. The predicted molar refractivity (Wildman–Crippen MR) is 103 cm³/mol. The van der Waals surface area contributed by atoms with Crippen LogP contribution in [0.25, 0.3) is 10.9 Å². The summed E-state index contributed by atoms with van der Waals surface area (Å²) in [6, 6.07) is 17.8. The van der Waals surface area contributed by atoms with Gasteiger partial charge in [-0.15, -0.1) is 0 Å². The molecule has 0 atom stereocenters. The maximum Gasteiger partial charge on any atom is 0.254 e. The van der Waals surface area contributed by atoms with E-state index in [0.717, 1.165) is 5.39 Å². The fourth-order valence-electron chi connectivity index (χ4n) is 3.43. The minimum Gasteiger partial charge on any atom is -0.335 e. The van der Waals surface area contributed by atoms with E-state index in [-0.39, 0.29) is 17.4 Å². The van der Waals surface area contributed by atoms with Gasteiger partial charge in [0.25, 0.3) is 11.8 Å². The van der Waals surface area contributed by atoms with E-state index in [0.29, 0.717) is 42.8 Å². The number of piperazine rings is 1. The summed E-state index contributed by atoms with van der Waals surface area (Å²) < 4.78 is 0. The first-order valence-electron chi connectivity index (χ1n) is 8.89. The van der Waals surface area contributed by atoms with Gasteiger partial charge >= 0.3 is 0 Å². The third kappa shape index (κ3) is 3.33. The van der Waals surface area contributed by atoms with Crippen molar-refractivity contribution in [1.82, 2.24) is 14.8 Å². The number of para-hydroxylation sites is 1. The summed E-state index contributed by atoms with van der Waals surface area (Å²) in [5, 5.41) is 0.727. The van der Waals surface area contributed by atoms with E-state index >= 15 is 0 Å². The van der Waals surface area contributed by atoms with E-state index in [1.54, 1.807) is 28.0 Å². The molecule has 4 rings (SSSR count). The van der Waals surface area contributed by atoms with Gasteiger partial charge < -0.3 is 14.8 Å². The first kappa shape index (κ1) is 17.0. The van der Waals surface area contributed by atoms with Gasteiger partial charge in [-0.2, -0.15) is 0 Å². The van der Waals surface area contributed by atoms with Crippen molar-refractivity contribution in [3.05, 3.63) is 82.1 Å². The normalized spacial score (nSPS) is 14.4. The Labute approximate surface area is 156 Å². The second-order valence-electron chi connectivity index (χ2n) is 6.54. The van der Waals surface area contributed by atoms with Gasteiger partial charge in [0.15, 0.2) is 0 Å². The van der Waals surface area contributed by atoms with E-state index < -0.39 is 0 Å². The Bertz CT molecular complexity index is 1050. The number of hydrogen-bond donors (Lipinski definition) is 1. The highest BCUT2D eigenvalue weighted by Gasteiger charge is 2.26. The monoisotopic (exact) mass is 361 g/mol. The largest absolute Gasteiger partial charge is 0.335 e. The highest BCUT2D eigenvalue weighted by molar-refractivity contribution is 6.06. The molecule has 1 aliphatic rings. The lowest BCUT2D eigenvalue weighted by molar-refractivity contribution is 0.0536. The van der Waals surface area contributed by atoms with Crippen LogP contribution in [-0.4, -0.2) is 52.8 Å². The Morgan fingerprint density at radius 2 is 1.37 bits per heavy atom. The second-order valence-corrected chi connectivity index (χ2v) is 6.54. The minimum atomic E-state index is -0.296. The molecule has 1 fully saturated rings. The highest BCUT2D eigenvalue weighted by Crippen LogP contribution is 2.18. The summed E-state index contributed by atoms with van der Waals surface area (Å²) >= 11 is 0. The zero-order valence-electron chi connectivity index (χ0n) is 14.7. The van der Waals surface area contributed by atoms with Crippen LogP contribution in [0.1, 0.15) is 20.7 Å². The summed E-state index contributed by atoms with van der Waals surface area (Å²) in [6.07, 6.45) is 0. The molecule has 0 unspecified atom stereocenters. The molecule has 3 aromatic rings. The number of amides is 2. The van der Waals surface area contributed by atoms with Crippen molar-refractivity contribution < 1.29 is 9.59 Å². The zero-order valence-corrected chi connectivity index (χ0v) is 14.7. The average molecular weight is 361 g/mol. The molecule has 6 heteroatoms. The molecule has 0 bridgehead atoms. The first-order valence-corrected chi connectivity index (χ1v) is 8.89. The maximum absolute atomic E-state index is 13.0. The summed E-state index contributed by atoms with van der Waals surface area (Å²) in [7, 11) is 0. The lowest BCUT2D eigenvalue weighted by Gasteiger charge is -2.35. The maximum atomic E-state index is 13.0. The Hall–Kier alpha value is -3.41. The molecule has 1 N–H and O–H groups in total. The van der Waals surface area contributed by atoms with Gasteiger partial charge in [0, 0.05) is 48.7 Å². The van der Waals surface area contributed by atoms with Crippen LogP contribution in [0.15, 0.2) is 65.5 Å². The molecule has 0 radical (unpaired) electrons. The summed E-state index contributed by atoms with van der Waals surface area (Å²) in [6.45, 7) is 1.83. The quantitative estimate of drug-likeness (QED) is 0.760. The van der Waals surface area contributed by atoms with E-state index in [9.17, 15) is 14.4 Å². The zero-order chi connectivity index (χ0) is 18.8. The van der Waals surface area contributed by atoms with Crippen molar-refractivity contribution in [2.24, 2.45) is 0 Å². The molecule has 136 valence electrons. The van der Waals surface area contributed by atoms with Gasteiger partial charge in [-0.05, 0) is 18.2 Å². The average Bonchev–Trinajstić information content (AvgIpc) is 2.73. The molecule has 2 heterocycles. The number of rotatable bonds is 2. The number of aromatic amines is 1. The van der Waals surface area contributed by atoms with Crippen LogP contribution in [0, 0.1) is 0 Å². The minimum absolute atomic E-state index is 0.0238. The van der Waals surface area contributed by atoms with Crippen molar-refractivity contribution >= 4 is 22.7 Å². The Morgan fingerprint density at radius 3 is 2.07 bits per heavy atom. The van der Waals surface area contributed by atoms with Gasteiger partial charge in [-0.3, -0.25) is 14.4 Å². The Morgan fingerprint density at radius 1 is 0.778 bits per heavy atom. The molecule has 0 aliphatic carbocycles. The van der Waals surface area contributed by atoms with Crippen LogP contribution < -0.4 is 5.56 Å². The summed E-state index contributed by atoms with van der Waals surface area (Å²) in [4.78, 5) is 43.6. The van der Waals surface area contributed by atoms with E-state index in [1.165, 1.54) is 6.07 Å². The number of carbonyl (C=O) groups is 2. The third-order valence-electron chi connectivity index (χ3n) is 4.86. The van der Waals surface area contributed by atoms with Crippen LogP contribution in [0.2, 0.25) is 0 Å². The van der Waals surface area contributed by atoms with Gasteiger partial charge in [0.05, 0.1) is 5.56 Å². The van der Waals surface area contributed by atoms with Gasteiger partial charge in [0.1, 0.15) is 0 Å². The molecule has 2 aromatic carbocycles. The number of H-pyrrole nitrogens is 1. The number of nitrogens with zero attached hydrogens (tertiary/aromatic N) is 2. The molecular formula is C21H19N3O3. The Balaban J connectivity index is 1.51. The fraction of sp³-hybridized carbons (Fsp3) is 0.190. The van der Waals surface area contributed by atoms with Crippen molar-refractivity contribution in [2.45, 2.75) is 0 Å². The van der Waals surface area contributed by atoms with Crippen molar-refractivity contribution in [1.29, 1.82) is 0 Å². The van der Waals surface area contributed by atoms with Crippen LogP contribution in [0.3, 0.4) is 0 Å². The summed E-state index contributed by atoms with van der Waals surface area (Å²) in [5.74, 6) is -0.201. The lowest BCUT2D eigenvalue weighted by Crippen LogP contribution is -2.50. The summed E-state index contributed by atoms with van der Waals surface area (Å²) in [5.41, 5.74) is 1.40. The molecule has 2 amide bonds. The molecule has 27 heavy (non-hydrogen) atoms. The number of aromatic nitrogens is 1. The molecule has 0 spiro atoms. The number of pyridine rings is 1. The van der Waals surface area contributed by atoms with Crippen LogP contribution in [0.5, 0.6) is 0 Å². The molecule has 1 saturated heterocycles. The Kier molecular flexibility index (Phi) is 4.46. The SMILES string of the molecule is O=C(c1ccccc1)N1CCN(C(=O)c2cc(=O)[nH]c3ccccc23)CC1. The van der Waals surface area contributed by atoms with Gasteiger partial charge in [-0.1, -0.05) is 36.4 Å². The fourth-order valence-corrected chi connectivity index (χ4v) is 3.43. The van der Waals surface area contributed by atoms with Crippen LogP contribution in [0.4, 0.5) is 0 Å². The number of nitrogens with one attached hydrogen (secondary N) is 1. The number of fused-ring (bicyclic) bond motifs is 1. The topological polar surface area (TPSA) is 73.5 Å². The van der Waals surface area contributed by atoms with E-state index in [1.807, 2.05) is 36.4 Å². The van der Waals surface area contributed by atoms with Crippen molar-refractivity contribution in [3.8, 4) is 0 Å². The standard InChI is InChI=1S/C21H19N3O3/c25-19-14-17(16-8-4-5-9-18(16)22-19)21(27)24-12-10-23(11-13-24)20(26)15-6-2-1-3-7-15/h1-9,14H,10-13H2,(H,22,25). The van der Waals surface area contributed by atoms with E-state index in [2.05, 4.69) is 4.98 Å². The van der Waals surface area contributed by atoms with Gasteiger partial charge in [-0.25, -0.2) is 0 Å². The second kappa shape index (κ2) is 7.07.